The third kappa shape index (κ3) is 3.09. The van der Waals surface area contributed by atoms with Crippen LogP contribution in [-0.4, -0.2) is 16.0 Å². The van der Waals surface area contributed by atoms with Crippen LogP contribution in [0, 0.1) is 5.41 Å². The van der Waals surface area contributed by atoms with Gasteiger partial charge in [0.25, 0.3) is 0 Å². The summed E-state index contributed by atoms with van der Waals surface area (Å²) in [6, 6.07) is 0.494. The van der Waals surface area contributed by atoms with Crippen LogP contribution in [-0.2, 0) is 0 Å². The minimum atomic E-state index is 0.485. The summed E-state index contributed by atoms with van der Waals surface area (Å²) in [7, 11) is 0. The monoisotopic (exact) mass is 298 g/mol. The predicted octanol–water partition coefficient (Wildman–Crippen LogP) is 3.20. The molecule has 0 amide bonds. The van der Waals surface area contributed by atoms with Gasteiger partial charge in [0.15, 0.2) is 0 Å². The molecule has 4 nitrogen and oxygen atoms in total. The molecule has 0 unspecified atom stereocenters. The molecule has 0 saturated heterocycles. The van der Waals surface area contributed by atoms with Crippen molar-refractivity contribution in [2.24, 2.45) is 5.41 Å². The van der Waals surface area contributed by atoms with Crippen molar-refractivity contribution in [2.45, 2.75) is 45.6 Å². The average Bonchev–Trinajstić information content (AvgIpc) is 2.27. The van der Waals surface area contributed by atoms with Crippen molar-refractivity contribution in [1.82, 2.24) is 9.97 Å². The Hall–Kier alpha value is -0.840. The van der Waals surface area contributed by atoms with Crippen LogP contribution in [0.25, 0.3) is 0 Å². The summed E-state index contributed by atoms with van der Waals surface area (Å²) in [6.07, 6.45) is 6.37. The van der Waals surface area contributed by atoms with Crippen LogP contribution in [0.3, 0.4) is 0 Å². The van der Waals surface area contributed by atoms with Crippen molar-refractivity contribution in [2.75, 3.05) is 11.1 Å². The van der Waals surface area contributed by atoms with E-state index < -0.39 is 0 Å². The Bertz CT molecular complexity index is 395. The van der Waals surface area contributed by atoms with E-state index in [0.717, 1.165) is 10.3 Å². The van der Waals surface area contributed by atoms with Crippen molar-refractivity contribution in [3.63, 3.8) is 0 Å². The molecule has 0 aliphatic heterocycles. The maximum absolute atomic E-state index is 5.73. The summed E-state index contributed by atoms with van der Waals surface area (Å²) in [6.45, 7) is 4.67. The van der Waals surface area contributed by atoms with E-state index in [-0.39, 0.29) is 0 Å². The zero-order chi connectivity index (χ0) is 12.5. The topological polar surface area (TPSA) is 63.8 Å². The van der Waals surface area contributed by atoms with Gasteiger partial charge in [-0.3, -0.25) is 0 Å². The second kappa shape index (κ2) is 4.80. The van der Waals surface area contributed by atoms with E-state index in [4.69, 9.17) is 5.73 Å². The number of aromatic nitrogens is 2. The summed E-state index contributed by atoms with van der Waals surface area (Å²) in [5.74, 6) is 1.29. The second-order valence-corrected chi connectivity index (χ2v) is 6.30. The molecule has 0 radical (unpaired) electrons. The Morgan fingerprint density at radius 3 is 2.65 bits per heavy atom. The van der Waals surface area contributed by atoms with Crippen LogP contribution >= 0.6 is 15.9 Å². The van der Waals surface area contributed by atoms with Gasteiger partial charge in [0, 0.05) is 6.04 Å². The number of nitrogens with one attached hydrogen (secondary N) is 1. The van der Waals surface area contributed by atoms with Crippen molar-refractivity contribution in [3.05, 3.63) is 10.8 Å². The third-order valence-electron chi connectivity index (χ3n) is 3.50. The number of hydrogen-bond acceptors (Lipinski definition) is 4. The van der Waals surface area contributed by atoms with Crippen LogP contribution in [0.15, 0.2) is 10.8 Å². The van der Waals surface area contributed by atoms with E-state index in [9.17, 15) is 0 Å². The molecule has 17 heavy (non-hydrogen) atoms. The number of nitrogens with two attached hydrogens (primary N) is 1. The molecule has 0 aromatic carbocycles. The molecule has 2 rings (SSSR count). The number of anilines is 2. The minimum Gasteiger partial charge on any atom is -0.383 e. The maximum atomic E-state index is 5.73. The molecule has 1 aliphatic carbocycles. The smallest absolute Gasteiger partial charge is 0.146 e. The zero-order valence-electron chi connectivity index (χ0n) is 10.3. The van der Waals surface area contributed by atoms with Gasteiger partial charge in [-0.2, -0.15) is 0 Å². The summed E-state index contributed by atoms with van der Waals surface area (Å²) < 4.78 is 0.768. The fraction of sp³-hybridized carbons (Fsp3) is 0.667. The number of nitrogen functional groups attached to an aromatic ring is 1. The third-order valence-corrected chi connectivity index (χ3v) is 4.28. The summed E-state index contributed by atoms with van der Waals surface area (Å²) in [4.78, 5) is 8.16. The molecule has 1 aliphatic rings. The number of hydrogen-bond donors (Lipinski definition) is 2. The van der Waals surface area contributed by atoms with Crippen molar-refractivity contribution in [1.29, 1.82) is 0 Å². The maximum Gasteiger partial charge on any atom is 0.146 e. The van der Waals surface area contributed by atoms with E-state index in [1.54, 1.807) is 0 Å². The lowest BCUT2D eigenvalue weighted by Gasteiger charge is -2.34. The van der Waals surface area contributed by atoms with Crippen molar-refractivity contribution < 1.29 is 0 Å². The molecule has 94 valence electrons. The summed E-state index contributed by atoms with van der Waals surface area (Å²) >= 11 is 3.42. The van der Waals surface area contributed by atoms with Gasteiger partial charge in [-0.15, -0.1) is 0 Å². The molecule has 0 atom stereocenters. The standard InChI is InChI=1S/C12H19BrN4/c1-12(2)5-3-8(4-6-12)17-11-9(13)10(14)15-7-16-11/h7-8H,3-6H2,1-2H3,(H3,14,15,16,17). The molecule has 3 N–H and O–H groups in total. The summed E-state index contributed by atoms with van der Waals surface area (Å²) in [5, 5.41) is 3.45. The van der Waals surface area contributed by atoms with Crippen LogP contribution in [0.5, 0.6) is 0 Å². The highest BCUT2D eigenvalue weighted by molar-refractivity contribution is 9.10. The molecule has 1 aromatic rings. The Kier molecular flexibility index (Phi) is 3.56. The SMILES string of the molecule is CC1(C)CCC(Nc2ncnc(N)c2Br)CC1. The number of rotatable bonds is 2. The normalized spacial score (nSPS) is 20.2. The average molecular weight is 299 g/mol. The molecule has 0 bridgehead atoms. The Balaban J connectivity index is 2.00. The molecule has 5 heteroatoms. The lowest BCUT2D eigenvalue weighted by molar-refractivity contribution is 0.232. The van der Waals surface area contributed by atoms with Crippen LogP contribution in [0.2, 0.25) is 0 Å². The number of nitrogens with zero attached hydrogens (tertiary/aromatic N) is 2. The lowest BCUT2D eigenvalue weighted by atomic mass is 9.75. The van der Waals surface area contributed by atoms with Gasteiger partial charge >= 0.3 is 0 Å². The first-order chi connectivity index (χ1) is 7.98. The first-order valence-corrected chi connectivity index (χ1v) is 6.80. The first-order valence-electron chi connectivity index (χ1n) is 6.00. The molecule has 1 fully saturated rings. The highest BCUT2D eigenvalue weighted by Gasteiger charge is 2.27. The van der Waals surface area contributed by atoms with Gasteiger partial charge in [0.2, 0.25) is 0 Å². The van der Waals surface area contributed by atoms with Crippen LogP contribution < -0.4 is 11.1 Å². The van der Waals surface area contributed by atoms with Crippen LogP contribution in [0.1, 0.15) is 39.5 Å². The highest BCUT2D eigenvalue weighted by Crippen LogP contribution is 2.36. The minimum absolute atomic E-state index is 0.485. The van der Waals surface area contributed by atoms with Gasteiger partial charge in [0.05, 0.1) is 0 Å². The van der Waals surface area contributed by atoms with Gasteiger partial charge in [-0.1, -0.05) is 13.8 Å². The molecule has 1 heterocycles. The van der Waals surface area contributed by atoms with Gasteiger partial charge in [0.1, 0.15) is 22.4 Å². The van der Waals surface area contributed by atoms with E-state index in [2.05, 4.69) is 45.1 Å². The number of halogens is 1. The largest absolute Gasteiger partial charge is 0.383 e. The molecular formula is C12H19BrN4. The quantitative estimate of drug-likeness (QED) is 0.880. The Labute approximate surface area is 111 Å². The van der Waals surface area contributed by atoms with E-state index >= 15 is 0 Å². The van der Waals surface area contributed by atoms with E-state index in [1.807, 2.05) is 0 Å². The first kappa shape index (κ1) is 12.6. The van der Waals surface area contributed by atoms with Gasteiger partial charge in [-0.25, -0.2) is 9.97 Å². The fourth-order valence-corrected chi connectivity index (χ4v) is 2.54. The predicted molar refractivity (Wildman–Crippen MR) is 73.8 cm³/mol. The van der Waals surface area contributed by atoms with E-state index in [0.29, 0.717) is 17.3 Å². The van der Waals surface area contributed by atoms with Crippen molar-refractivity contribution in [3.8, 4) is 0 Å². The summed E-state index contributed by atoms with van der Waals surface area (Å²) in [5.41, 5.74) is 6.22. The van der Waals surface area contributed by atoms with E-state index in [1.165, 1.54) is 32.0 Å². The highest BCUT2D eigenvalue weighted by atomic mass is 79.9. The Morgan fingerprint density at radius 2 is 2.00 bits per heavy atom. The zero-order valence-corrected chi connectivity index (χ0v) is 11.9. The molecule has 0 spiro atoms. The lowest BCUT2D eigenvalue weighted by Crippen LogP contribution is -2.30. The second-order valence-electron chi connectivity index (χ2n) is 5.50. The van der Waals surface area contributed by atoms with Gasteiger partial charge in [-0.05, 0) is 47.0 Å². The fourth-order valence-electron chi connectivity index (χ4n) is 2.22. The van der Waals surface area contributed by atoms with Crippen molar-refractivity contribution >= 4 is 27.6 Å². The van der Waals surface area contributed by atoms with Crippen LogP contribution in [0.4, 0.5) is 11.6 Å². The Morgan fingerprint density at radius 1 is 1.35 bits per heavy atom. The molecule has 1 saturated carbocycles. The molecule has 1 aromatic heterocycles. The van der Waals surface area contributed by atoms with Gasteiger partial charge < -0.3 is 11.1 Å². The molecular weight excluding hydrogens is 280 g/mol.